The maximum atomic E-state index is 14.0. The Kier molecular flexibility index (Phi) is 11.0. The third-order valence-electron chi connectivity index (χ3n) is 8.56. The standard InChI is InChI=1S/C38H42N2O5/c1-26-24-28(20-22-36(26)44-2)34-25-31(30-17-9-10-18-32(30)39-34)38(43)40-33(21-23-37(42)45-29-15-7-4-8-16-29)35(41)19-11-14-27-12-5-3-6-13-27/h3,5-6,9-10,12-13,17-18,20,22,24-25,29,33H,4,7-8,11,14-16,19,21,23H2,1-2H3,(H,40,43)/t33-/m1/s1. The van der Waals surface area contributed by atoms with Crippen LogP contribution < -0.4 is 10.1 Å². The number of nitrogens with zero attached hydrogens (tertiary/aromatic N) is 1. The van der Waals surface area contributed by atoms with Crippen molar-refractivity contribution in [3.8, 4) is 17.0 Å². The number of carbonyl (C=O) groups is 3. The van der Waals surface area contributed by atoms with E-state index in [9.17, 15) is 14.4 Å². The van der Waals surface area contributed by atoms with Gasteiger partial charge in [0.15, 0.2) is 5.78 Å². The van der Waals surface area contributed by atoms with Crippen LogP contribution in [0.15, 0.2) is 78.9 Å². The maximum absolute atomic E-state index is 14.0. The minimum atomic E-state index is -0.814. The van der Waals surface area contributed by atoms with E-state index in [2.05, 4.69) is 5.32 Å². The molecule has 0 spiro atoms. The Hall–Kier alpha value is -4.52. The normalized spacial score (nSPS) is 14.1. The number of aromatic nitrogens is 1. The van der Waals surface area contributed by atoms with Gasteiger partial charge in [0.05, 0.1) is 29.9 Å². The van der Waals surface area contributed by atoms with Gasteiger partial charge in [0.2, 0.25) is 0 Å². The van der Waals surface area contributed by atoms with E-state index in [4.69, 9.17) is 14.5 Å². The number of ketones is 1. The van der Waals surface area contributed by atoms with Gasteiger partial charge in [-0.25, -0.2) is 4.98 Å². The third kappa shape index (κ3) is 8.56. The molecule has 1 amide bonds. The van der Waals surface area contributed by atoms with Crippen molar-refractivity contribution in [3.63, 3.8) is 0 Å². The molecule has 0 saturated heterocycles. The number of rotatable bonds is 13. The number of fused-ring (bicyclic) bond motifs is 1. The lowest BCUT2D eigenvalue weighted by Gasteiger charge is -2.23. The summed E-state index contributed by atoms with van der Waals surface area (Å²) < 4.78 is 11.1. The summed E-state index contributed by atoms with van der Waals surface area (Å²) in [5.41, 5.74) is 4.72. The lowest BCUT2D eigenvalue weighted by Crippen LogP contribution is -2.41. The Morgan fingerprint density at radius 3 is 2.42 bits per heavy atom. The molecule has 7 heteroatoms. The number of carbonyl (C=O) groups excluding carboxylic acids is 3. The van der Waals surface area contributed by atoms with Crippen molar-refractivity contribution in [2.24, 2.45) is 0 Å². The first-order valence-electron chi connectivity index (χ1n) is 16.0. The molecule has 234 valence electrons. The Morgan fingerprint density at radius 2 is 1.67 bits per heavy atom. The molecule has 1 heterocycles. The van der Waals surface area contributed by atoms with Crippen LogP contribution in [0.25, 0.3) is 22.2 Å². The first kappa shape index (κ1) is 31.9. The van der Waals surface area contributed by atoms with Gasteiger partial charge in [-0.2, -0.15) is 0 Å². The molecule has 45 heavy (non-hydrogen) atoms. The summed E-state index contributed by atoms with van der Waals surface area (Å²) in [6.07, 6.45) is 6.98. The predicted molar refractivity (Wildman–Crippen MR) is 176 cm³/mol. The van der Waals surface area contributed by atoms with Crippen molar-refractivity contribution >= 4 is 28.6 Å². The van der Waals surface area contributed by atoms with Gasteiger partial charge in [-0.15, -0.1) is 0 Å². The number of aryl methyl sites for hydroxylation is 2. The van der Waals surface area contributed by atoms with Gasteiger partial charge in [0.25, 0.3) is 5.91 Å². The highest BCUT2D eigenvalue weighted by atomic mass is 16.5. The smallest absolute Gasteiger partial charge is 0.306 e. The van der Waals surface area contributed by atoms with E-state index in [1.165, 1.54) is 6.42 Å². The van der Waals surface area contributed by atoms with E-state index in [0.717, 1.165) is 54.5 Å². The number of amides is 1. The number of pyridine rings is 1. The molecule has 1 fully saturated rings. The fourth-order valence-corrected chi connectivity index (χ4v) is 6.07. The molecule has 0 unspecified atom stereocenters. The summed E-state index contributed by atoms with van der Waals surface area (Å²) in [7, 11) is 1.63. The van der Waals surface area contributed by atoms with Crippen LogP contribution in [0.1, 0.15) is 79.3 Å². The number of hydrogen-bond donors (Lipinski definition) is 1. The van der Waals surface area contributed by atoms with Crippen LogP contribution >= 0.6 is 0 Å². The molecule has 1 N–H and O–H groups in total. The van der Waals surface area contributed by atoms with Crippen LogP contribution in [0.5, 0.6) is 5.75 Å². The number of nitrogens with one attached hydrogen (secondary N) is 1. The number of benzene rings is 3. The van der Waals surface area contributed by atoms with Crippen LogP contribution in [0.3, 0.4) is 0 Å². The Morgan fingerprint density at radius 1 is 0.911 bits per heavy atom. The molecule has 0 bridgehead atoms. The summed E-state index contributed by atoms with van der Waals surface area (Å²) >= 11 is 0. The highest BCUT2D eigenvalue weighted by molar-refractivity contribution is 6.08. The minimum Gasteiger partial charge on any atom is -0.496 e. The van der Waals surface area contributed by atoms with Crippen molar-refractivity contribution in [1.29, 1.82) is 0 Å². The van der Waals surface area contributed by atoms with Crippen LogP contribution in [0.2, 0.25) is 0 Å². The molecule has 1 aliphatic rings. The third-order valence-corrected chi connectivity index (χ3v) is 8.56. The van der Waals surface area contributed by atoms with E-state index < -0.39 is 6.04 Å². The fourth-order valence-electron chi connectivity index (χ4n) is 6.07. The zero-order chi connectivity index (χ0) is 31.6. The van der Waals surface area contributed by atoms with Crippen molar-refractivity contribution in [2.75, 3.05) is 7.11 Å². The maximum Gasteiger partial charge on any atom is 0.306 e. The topological polar surface area (TPSA) is 94.6 Å². The zero-order valence-electron chi connectivity index (χ0n) is 26.2. The molecule has 1 atom stereocenters. The van der Waals surface area contributed by atoms with Crippen molar-refractivity contribution < 1.29 is 23.9 Å². The van der Waals surface area contributed by atoms with Gasteiger partial charge >= 0.3 is 5.97 Å². The minimum absolute atomic E-state index is 0.0518. The lowest BCUT2D eigenvalue weighted by molar-refractivity contribution is -0.150. The van der Waals surface area contributed by atoms with Crippen molar-refractivity contribution in [2.45, 2.75) is 83.3 Å². The lowest BCUT2D eigenvalue weighted by atomic mass is 9.97. The van der Waals surface area contributed by atoms with Gasteiger partial charge in [0, 0.05) is 23.8 Å². The molecule has 0 aliphatic heterocycles. The number of ether oxygens (including phenoxy) is 2. The number of para-hydroxylation sites is 1. The van der Waals surface area contributed by atoms with E-state index in [-0.39, 0.29) is 36.6 Å². The molecular formula is C38H42N2O5. The molecule has 3 aromatic carbocycles. The van der Waals surface area contributed by atoms with Crippen LogP contribution in [-0.4, -0.2) is 41.9 Å². The summed E-state index contributed by atoms with van der Waals surface area (Å²) in [5, 5.41) is 3.69. The van der Waals surface area contributed by atoms with Gasteiger partial charge in [0.1, 0.15) is 11.9 Å². The second-order valence-electron chi connectivity index (χ2n) is 11.9. The number of Topliss-reactive ketones (excluding diaryl/α,β-unsaturated/α-hetero) is 1. The second-order valence-corrected chi connectivity index (χ2v) is 11.9. The molecule has 1 aliphatic carbocycles. The highest BCUT2D eigenvalue weighted by Crippen LogP contribution is 2.29. The summed E-state index contributed by atoms with van der Waals surface area (Å²) in [6.45, 7) is 1.96. The first-order chi connectivity index (χ1) is 21.9. The molecule has 0 radical (unpaired) electrons. The summed E-state index contributed by atoms with van der Waals surface area (Å²) in [5.74, 6) is -0.00542. The quantitative estimate of drug-likeness (QED) is 0.158. The number of methoxy groups -OCH3 is 1. The van der Waals surface area contributed by atoms with Gasteiger partial charge < -0.3 is 14.8 Å². The van der Waals surface area contributed by atoms with Crippen molar-refractivity contribution in [3.05, 3.63) is 95.6 Å². The molecule has 5 rings (SSSR count). The first-order valence-corrected chi connectivity index (χ1v) is 16.0. The molecule has 1 aromatic heterocycles. The predicted octanol–water partition coefficient (Wildman–Crippen LogP) is 7.57. The second kappa shape index (κ2) is 15.5. The fraction of sp³-hybridized carbons (Fsp3) is 0.368. The number of esters is 1. The van der Waals surface area contributed by atoms with Crippen LogP contribution in [0.4, 0.5) is 0 Å². The van der Waals surface area contributed by atoms with Gasteiger partial charge in [-0.05, 0) is 93.3 Å². The molecule has 4 aromatic rings. The average Bonchev–Trinajstić information content (AvgIpc) is 3.06. The Labute approximate surface area is 265 Å². The summed E-state index contributed by atoms with van der Waals surface area (Å²) in [4.78, 5) is 45.1. The summed E-state index contributed by atoms with van der Waals surface area (Å²) in [6, 6.07) is 24.3. The molecular weight excluding hydrogens is 564 g/mol. The van der Waals surface area contributed by atoms with Gasteiger partial charge in [-0.3, -0.25) is 14.4 Å². The van der Waals surface area contributed by atoms with E-state index >= 15 is 0 Å². The number of hydrogen-bond acceptors (Lipinski definition) is 6. The Balaban J connectivity index is 1.36. The molecule has 1 saturated carbocycles. The van der Waals surface area contributed by atoms with Gasteiger partial charge in [-0.1, -0.05) is 55.0 Å². The highest BCUT2D eigenvalue weighted by Gasteiger charge is 2.25. The zero-order valence-corrected chi connectivity index (χ0v) is 26.2. The van der Waals surface area contributed by atoms with E-state index in [1.807, 2.05) is 79.7 Å². The monoisotopic (exact) mass is 606 g/mol. The van der Waals surface area contributed by atoms with E-state index in [1.54, 1.807) is 13.2 Å². The SMILES string of the molecule is COc1ccc(-c2cc(C(=O)N[C@H](CCC(=O)OC3CCCCC3)C(=O)CCCc3ccccc3)c3ccccc3n2)cc1C. The van der Waals surface area contributed by atoms with Crippen molar-refractivity contribution in [1.82, 2.24) is 10.3 Å². The van der Waals surface area contributed by atoms with Crippen LogP contribution in [-0.2, 0) is 20.7 Å². The average molecular weight is 607 g/mol. The Bertz CT molecular complexity index is 1630. The van der Waals surface area contributed by atoms with Crippen LogP contribution in [0, 0.1) is 6.92 Å². The van der Waals surface area contributed by atoms with E-state index in [0.29, 0.717) is 35.0 Å². The largest absolute Gasteiger partial charge is 0.496 e. The molecule has 7 nitrogen and oxygen atoms in total.